The van der Waals surface area contributed by atoms with Crippen molar-refractivity contribution < 1.29 is 9.47 Å². The predicted molar refractivity (Wildman–Crippen MR) is 130 cm³/mol. The maximum Gasteiger partial charge on any atom is 0.223 e. The summed E-state index contributed by atoms with van der Waals surface area (Å²) in [5, 5.41) is 16.3. The zero-order valence-corrected chi connectivity index (χ0v) is 19.1. The number of nitrogens with two attached hydrogens (primary N) is 1. The highest BCUT2D eigenvalue weighted by atomic mass is 16.5. The van der Waals surface area contributed by atoms with Crippen LogP contribution in [0.3, 0.4) is 0 Å². The lowest BCUT2D eigenvalue weighted by atomic mass is 10.1. The van der Waals surface area contributed by atoms with Crippen LogP contribution in [0.1, 0.15) is 22.6 Å². The number of hydrogen-bond acceptors (Lipinski definition) is 10. The second-order valence-corrected chi connectivity index (χ2v) is 7.11. The number of nitrogens with one attached hydrogen (secondary N) is 1. The molecule has 3 aromatic rings. The number of benzene rings is 1. The van der Waals surface area contributed by atoms with Crippen LogP contribution in [0.4, 0.5) is 5.95 Å². The average molecular weight is 459 g/mol. The smallest absolute Gasteiger partial charge is 0.223 e. The minimum absolute atomic E-state index is 0.345. The molecule has 0 unspecified atom stereocenters. The Morgan fingerprint density at radius 3 is 2.68 bits per heavy atom. The van der Waals surface area contributed by atoms with E-state index < -0.39 is 0 Å². The van der Waals surface area contributed by atoms with Gasteiger partial charge < -0.3 is 20.6 Å². The first-order chi connectivity index (χ1) is 16.7. The zero-order chi connectivity index (χ0) is 24.2. The molecule has 1 aromatic carbocycles. The van der Waals surface area contributed by atoms with E-state index in [9.17, 15) is 5.26 Å². The molecule has 0 bridgehead atoms. The summed E-state index contributed by atoms with van der Waals surface area (Å²) < 4.78 is 10.2. The van der Waals surface area contributed by atoms with Gasteiger partial charge in [-0.25, -0.2) is 9.97 Å². The number of nitrogens with zero attached hydrogens (tertiary/aromatic N) is 6. The monoisotopic (exact) mass is 458 g/mol. The fourth-order valence-electron chi connectivity index (χ4n) is 3.06. The van der Waals surface area contributed by atoms with Gasteiger partial charge in [0.05, 0.1) is 60.4 Å². The lowest BCUT2D eigenvalue weighted by Gasteiger charge is -2.10. The van der Waals surface area contributed by atoms with E-state index in [2.05, 4.69) is 36.4 Å². The van der Waals surface area contributed by atoms with Gasteiger partial charge in [0.15, 0.2) is 0 Å². The number of anilines is 1. The number of methoxy groups -OCH3 is 2. The van der Waals surface area contributed by atoms with Crippen LogP contribution in [0.15, 0.2) is 58.6 Å². The van der Waals surface area contributed by atoms with Crippen molar-refractivity contribution in [2.45, 2.75) is 13.2 Å². The Morgan fingerprint density at radius 2 is 1.91 bits per heavy atom. The van der Waals surface area contributed by atoms with Gasteiger partial charge in [0.1, 0.15) is 5.71 Å². The van der Waals surface area contributed by atoms with E-state index >= 15 is 0 Å². The van der Waals surface area contributed by atoms with E-state index in [1.54, 1.807) is 44.7 Å². The molecule has 0 aliphatic heterocycles. The average Bonchev–Trinajstić information content (AvgIpc) is 2.87. The third-order valence-corrected chi connectivity index (χ3v) is 4.63. The molecule has 174 valence electrons. The number of hydrazone groups is 1. The summed E-state index contributed by atoms with van der Waals surface area (Å²) in [5.74, 6) is 6.06. The fourth-order valence-corrected chi connectivity index (χ4v) is 3.06. The third kappa shape index (κ3) is 6.90. The van der Waals surface area contributed by atoms with Crippen molar-refractivity contribution in [1.29, 1.82) is 5.26 Å². The molecule has 0 saturated carbocycles. The number of hydrogen-bond donors (Lipinski definition) is 2. The highest BCUT2D eigenvalue weighted by Crippen LogP contribution is 2.21. The highest BCUT2D eigenvalue weighted by Gasteiger charge is 2.11. The van der Waals surface area contributed by atoms with E-state index in [1.165, 1.54) is 0 Å². The minimum Gasteiger partial charge on any atom is -0.383 e. The SMILES string of the molecule is COCCNc1nc(C(C=NCc2cccc(COC)n2)=NN)cc(-c2cccc(C#N)c2)n1. The number of rotatable bonds is 11. The normalized spacial score (nSPS) is 11.5. The molecule has 0 radical (unpaired) electrons. The maximum absolute atomic E-state index is 9.25. The topological polar surface area (TPSA) is 144 Å². The second kappa shape index (κ2) is 12.7. The molecule has 0 aliphatic carbocycles. The Balaban J connectivity index is 1.88. The lowest BCUT2D eigenvalue weighted by Crippen LogP contribution is -2.15. The van der Waals surface area contributed by atoms with Gasteiger partial charge in [-0.2, -0.15) is 10.4 Å². The van der Waals surface area contributed by atoms with Crippen molar-refractivity contribution in [3.8, 4) is 17.3 Å². The van der Waals surface area contributed by atoms with Crippen molar-refractivity contribution in [3.05, 3.63) is 71.2 Å². The molecule has 0 amide bonds. The molecule has 0 saturated heterocycles. The first-order valence-corrected chi connectivity index (χ1v) is 10.5. The Hall–Kier alpha value is -4.20. The van der Waals surface area contributed by atoms with E-state index in [1.807, 2.05) is 24.3 Å². The molecule has 3 N–H and O–H groups in total. The van der Waals surface area contributed by atoms with Gasteiger partial charge >= 0.3 is 0 Å². The molecular formula is C24H26N8O2. The van der Waals surface area contributed by atoms with Gasteiger partial charge in [0.2, 0.25) is 5.95 Å². The lowest BCUT2D eigenvalue weighted by molar-refractivity contribution is 0.181. The number of ether oxygens (including phenoxy) is 2. The molecule has 0 fully saturated rings. The van der Waals surface area contributed by atoms with Crippen molar-refractivity contribution in [1.82, 2.24) is 15.0 Å². The summed E-state index contributed by atoms with van der Waals surface area (Å²) in [6, 6.07) is 16.8. The van der Waals surface area contributed by atoms with Crippen LogP contribution in [0.5, 0.6) is 0 Å². The Morgan fingerprint density at radius 1 is 1.09 bits per heavy atom. The Kier molecular flexibility index (Phi) is 9.16. The molecule has 10 nitrogen and oxygen atoms in total. The first kappa shape index (κ1) is 24.4. The molecule has 2 heterocycles. The van der Waals surface area contributed by atoms with E-state index in [0.29, 0.717) is 54.9 Å². The Labute approximate surface area is 198 Å². The van der Waals surface area contributed by atoms with Gasteiger partial charge in [-0.15, -0.1) is 0 Å². The standard InChI is InChI=1S/C24H26N8O2/c1-33-10-9-28-24-30-21(18-6-3-5-17(11-18)13-25)12-22(31-24)23(32-26)15-27-14-19-7-4-8-20(29-19)16-34-2/h3-8,11-12,15H,9-10,14,16,26H2,1-2H3,(H,28,30,31). The summed E-state index contributed by atoms with van der Waals surface area (Å²) in [4.78, 5) is 18.0. The summed E-state index contributed by atoms with van der Waals surface area (Å²) in [6.45, 7) is 1.78. The van der Waals surface area contributed by atoms with Gasteiger partial charge in [-0.05, 0) is 30.3 Å². The molecule has 2 aromatic heterocycles. The van der Waals surface area contributed by atoms with Crippen LogP contribution in [-0.4, -0.2) is 54.2 Å². The number of aliphatic imine (C=N–C) groups is 1. The molecule has 0 atom stereocenters. The molecule has 0 spiro atoms. The van der Waals surface area contributed by atoms with Crippen LogP contribution in [0.2, 0.25) is 0 Å². The first-order valence-electron chi connectivity index (χ1n) is 10.5. The number of aromatic nitrogens is 3. The summed E-state index contributed by atoms with van der Waals surface area (Å²) >= 11 is 0. The van der Waals surface area contributed by atoms with E-state index in [4.69, 9.17) is 15.3 Å². The second-order valence-electron chi connectivity index (χ2n) is 7.11. The molecular weight excluding hydrogens is 432 g/mol. The van der Waals surface area contributed by atoms with Crippen LogP contribution < -0.4 is 11.2 Å². The third-order valence-electron chi connectivity index (χ3n) is 4.63. The number of pyridine rings is 1. The zero-order valence-electron chi connectivity index (χ0n) is 19.1. The van der Waals surface area contributed by atoms with Crippen molar-refractivity contribution >= 4 is 17.9 Å². The van der Waals surface area contributed by atoms with E-state index in [0.717, 1.165) is 17.0 Å². The fraction of sp³-hybridized carbons (Fsp3) is 0.250. The maximum atomic E-state index is 9.25. The van der Waals surface area contributed by atoms with Gasteiger partial charge in [-0.1, -0.05) is 18.2 Å². The predicted octanol–water partition coefficient (Wildman–Crippen LogP) is 2.55. The van der Waals surface area contributed by atoms with Crippen molar-refractivity contribution in [3.63, 3.8) is 0 Å². The van der Waals surface area contributed by atoms with Crippen LogP contribution in [0, 0.1) is 11.3 Å². The van der Waals surface area contributed by atoms with Gasteiger partial charge in [0, 0.05) is 26.3 Å². The quantitative estimate of drug-likeness (QED) is 0.193. The van der Waals surface area contributed by atoms with Crippen molar-refractivity contribution in [2.24, 2.45) is 15.9 Å². The largest absolute Gasteiger partial charge is 0.383 e. The van der Waals surface area contributed by atoms with Crippen LogP contribution in [-0.2, 0) is 22.6 Å². The highest BCUT2D eigenvalue weighted by molar-refractivity contribution is 6.37. The van der Waals surface area contributed by atoms with Gasteiger partial charge in [-0.3, -0.25) is 9.98 Å². The summed E-state index contributed by atoms with van der Waals surface area (Å²) in [5.41, 5.74) is 4.40. The summed E-state index contributed by atoms with van der Waals surface area (Å²) in [6.07, 6.45) is 1.56. The number of nitriles is 1. The molecule has 0 aliphatic rings. The Bertz CT molecular complexity index is 1200. The molecule has 34 heavy (non-hydrogen) atoms. The minimum atomic E-state index is 0.345. The van der Waals surface area contributed by atoms with E-state index in [-0.39, 0.29) is 0 Å². The molecule has 3 rings (SSSR count). The van der Waals surface area contributed by atoms with Crippen LogP contribution >= 0.6 is 0 Å². The summed E-state index contributed by atoms with van der Waals surface area (Å²) in [7, 11) is 3.24. The van der Waals surface area contributed by atoms with Gasteiger partial charge in [0.25, 0.3) is 0 Å². The van der Waals surface area contributed by atoms with Crippen LogP contribution in [0.25, 0.3) is 11.3 Å². The molecule has 10 heteroatoms. The van der Waals surface area contributed by atoms with Crippen molar-refractivity contribution in [2.75, 3.05) is 32.7 Å².